The Morgan fingerprint density at radius 2 is 1.64 bits per heavy atom. The van der Waals surface area contributed by atoms with E-state index in [0.717, 1.165) is 5.56 Å². The Kier molecular flexibility index (Phi) is 4.75. The third kappa shape index (κ3) is 3.81. The van der Waals surface area contributed by atoms with Crippen LogP contribution in [0.2, 0.25) is 0 Å². The van der Waals surface area contributed by atoms with E-state index in [9.17, 15) is 19.7 Å². The van der Waals surface area contributed by atoms with Crippen molar-refractivity contribution < 1.29 is 14.5 Å². The van der Waals surface area contributed by atoms with E-state index in [1.54, 1.807) is 12.1 Å². The summed E-state index contributed by atoms with van der Waals surface area (Å²) in [5, 5.41) is 16.1. The number of nitro groups is 1. The zero-order valence-electron chi connectivity index (χ0n) is 12.5. The summed E-state index contributed by atoms with van der Waals surface area (Å²) in [6.07, 6.45) is 0.909. The molecule has 0 aliphatic carbocycles. The minimum Gasteiger partial charge on any atom is -0.343 e. The van der Waals surface area contributed by atoms with Gasteiger partial charge in [0, 0.05) is 18.6 Å². The number of nitrogens with zero attached hydrogens (tertiary/aromatic N) is 1. The molecule has 1 aromatic rings. The number of nitro benzene ring substituents is 1. The van der Waals surface area contributed by atoms with Crippen LogP contribution in [0.25, 0.3) is 0 Å². The van der Waals surface area contributed by atoms with Gasteiger partial charge >= 0.3 is 0 Å². The normalized spacial score (nSPS) is 21.4. The maximum atomic E-state index is 12.1. The number of amides is 2. The van der Waals surface area contributed by atoms with Crippen molar-refractivity contribution in [2.45, 2.75) is 38.8 Å². The number of rotatable bonds is 5. The van der Waals surface area contributed by atoms with Crippen molar-refractivity contribution in [1.29, 1.82) is 0 Å². The monoisotopic (exact) mass is 305 g/mol. The molecule has 22 heavy (non-hydrogen) atoms. The Labute approximate surface area is 128 Å². The number of hydrogen-bond donors (Lipinski definition) is 2. The first kappa shape index (κ1) is 15.9. The quantitative estimate of drug-likeness (QED) is 0.629. The Morgan fingerprint density at radius 3 is 2.18 bits per heavy atom. The topological polar surface area (TPSA) is 101 Å². The highest BCUT2D eigenvalue weighted by atomic mass is 16.6. The second kappa shape index (κ2) is 6.55. The molecule has 0 bridgehead atoms. The molecule has 1 fully saturated rings. The van der Waals surface area contributed by atoms with E-state index in [2.05, 4.69) is 10.6 Å². The van der Waals surface area contributed by atoms with Crippen LogP contribution in [0.1, 0.15) is 25.8 Å². The van der Waals surface area contributed by atoms with Gasteiger partial charge in [-0.25, -0.2) is 0 Å². The van der Waals surface area contributed by atoms with Gasteiger partial charge in [-0.15, -0.1) is 0 Å². The maximum Gasteiger partial charge on any atom is 0.269 e. The molecule has 1 heterocycles. The van der Waals surface area contributed by atoms with Gasteiger partial charge in [0.05, 0.1) is 4.92 Å². The number of hydrogen-bond acceptors (Lipinski definition) is 4. The van der Waals surface area contributed by atoms with Gasteiger partial charge in [0.2, 0.25) is 11.8 Å². The summed E-state index contributed by atoms with van der Waals surface area (Å²) >= 11 is 0. The molecule has 7 heteroatoms. The van der Waals surface area contributed by atoms with Crippen LogP contribution in [-0.2, 0) is 16.0 Å². The van der Waals surface area contributed by atoms with Crippen LogP contribution in [0, 0.1) is 16.0 Å². The van der Waals surface area contributed by atoms with E-state index in [4.69, 9.17) is 0 Å². The standard InChI is InChI=1S/C15H19N3O4/c1-9(2)7-12-14(19)17-13(15(20)16-12)8-10-3-5-11(6-4-10)18(21)22/h3-6,9,12-13H,7-8H2,1-2H3,(H,16,20)(H,17,19)/t12-,13-/m0/s1. The van der Waals surface area contributed by atoms with Crippen LogP contribution in [-0.4, -0.2) is 28.8 Å². The molecule has 0 unspecified atom stereocenters. The molecule has 118 valence electrons. The molecule has 0 radical (unpaired) electrons. The van der Waals surface area contributed by atoms with Crippen LogP contribution < -0.4 is 10.6 Å². The zero-order chi connectivity index (χ0) is 16.3. The van der Waals surface area contributed by atoms with Crippen LogP contribution in [0.4, 0.5) is 5.69 Å². The number of benzene rings is 1. The average Bonchev–Trinajstić information content (AvgIpc) is 2.44. The average molecular weight is 305 g/mol. The molecule has 7 nitrogen and oxygen atoms in total. The first-order valence-electron chi connectivity index (χ1n) is 7.21. The number of carbonyl (C=O) groups is 2. The summed E-state index contributed by atoms with van der Waals surface area (Å²) in [7, 11) is 0. The highest BCUT2D eigenvalue weighted by molar-refractivity contribution is 5.97. The Balaban J connectivity index is 2.00. The molecule has 0 aromatic heterocycles. The molecule has 0 saturated carbocycles. The number of piperazine rings is 1. The minimum atomic E-state index is -0.641. The first-order valence-corrected chi connectivity index (χ1v) is 7.21. The van der Waals surface area contributed by atoms with Gasteiger partial charge in [0.15, 0.2) is 0 Å². The summed E-state index contributed by atoms with van der Waals surface area (Å²) in [6, 6.07) is 4.84. The second-order valence-corrected chi connectivity index (χ2v) is 5.88. The fraction of sp³-hybridized carbons (Fsp3) is 0.467. The van der Waals surface area contributed by atoms with Gasteiger partial charge in [-0.1, -0.05) is 26.0 Å². The lowest BCUT2D eigenvalue weighted by molar-refractivity contribution is -0.384. The lowest BCUT2D eigenvalue weighted by Gasteiger charge is -2.30. The van der Waals surface area contributed by atoms with Gasteiger partial charge in [-0.2, -0.15) is 0 Å². The molecule has 2 N–H and O–H groups in total. The lowest BCUT2D eigenvalue weighted by atomic mass is 9.97. The van der Waals surface area contributed by atoms with Crippen LogP contribution >= 0.6 is 0 Å². The molecule has 2 amide bonds. The highest BCUT2D eigenvalue weighted by Gasteiger charge is 2.33. The summed E-state index contributed by atoms with van der Waals surface area (Å²) in [5.41, 5.74) is 0.756. The van der Waals surface area contributed by atoms with Crippen LogP contribution in [0.5, 0.6) is 0 Å². The fourth-order valence-electron chi connectivity index (χ4n) is 2.45. The SMILES string of the molecule is CC(C)C[C@@H]1NC(=O)[C@H](Cc2ccc([N+](=O)[O-])cc2)NC1=O. The molecule has 1 aliphatic heterocycles. The predicted molar refractivity (Wildman–Crippen MR) is 80.1 cm³/mol. The van der Waals surface area contributed by atoms with Crippen molar-refractivity contribution in [3.63, 3.8) is 0 Å². The molecular formula is C15H19N3O4. The van der Waals surface area contributed by atoms with Gasteiger partial charge < -0.3 is 10.6 Å². The zero-order valence-corrected chi connectivity index (χ0v) is 12.5. The van der Waals surface area contributed by atoms with Gasteiger partial charge in [-0.3, -0.25) is 19.7 Å². The molecule has 0 spiro atoms. The molecule has 2 atom stereocenters. The third-order valence-corrected chi connectivity index (χ3v) is 3.56. The maximum absolute atomic E-state index is 12.1. The van der Waals surface area contributed by atoms with Gasteiger partial charge in [0.1, 0.15) is 12.1 Å². The minimum absolute atomic E-state index is 0.00196. The number of non-ortho nitro benzene ring substituents is 1. The van der Waals surface area contributed by atoms with Crippen molar-refractivity contribution >= 4 is 17.5 Å². The van der Waals surface area contributed by atoms with Crippen LogP contribution in [0.15, 0.2) is 24.3 Å². The van der Waals surface area contributed by atoms with E-state index in [1.165, 1.54) is 12.1 Å². The predicted octanol–water partition coefficient (Wildman–Crippen LogP) is 1.17. The fourth-order valence-corrected chi connectivity index (χ4v) is 2.45. The lowest BCUT2D eigenvalue weighted by Crippen LogP contribution is -2.62. The van der Waals surface area contributed by atoms with Gasteiger partial charge in [-0.05, 0) is 17.9 Å². The first-order chi connectivity index (χ1) is 10.4. The molecule has 1 aromatic carbocycles. The third-order valence-electron chi connectivity index (χ3n) is 3.56. The highest BCUT2D eigenvalue weighted by Crippen LogP contribution is 2.15. The van der Waals surface area contributed by atoms with E-state index in [0.29, 0.717) is 18.8 Å². The van der Waals surface area contributed by atoms with E-state index in [1.807, 2.05) is 13.8 Å². The van der Waals surface area contributed by atoms with E-state index in [-0.39, 0.29) is 17.5 Å². The Morgan fingerprint density at radius 1 is 1.09 bits per heavy atom. The van der Waals surface area contributed by atoms with Gasteiger partial charge in [0.25, 0.3) is 5.69 Å². The summed E-state index contributed by atoms with van der Waals surface area (Å²) in [5.74, 6) is -0.0916. The number of nitrogens with one attached hydrogen (secondary N) is 2. The molecule has 2 rings (SSSR count). The van der Waals surface area contributed by atoms with Crippen molar-refractivity contribution in [3.05, 3.63) is 39.9 Å². The smallest absolute Gasteiger partial charge is 0.269 e. The van der Waals surface area contributed by atoms with Crippen LogP contribution in [0.3, 0.4) is 0 Å². The van der Waals surface area contributed by atoms with Crippen molar-refractivity contribution in [3.8, 4) is 0 Å². The molecule has 1 aliphatic rings. The number of carbonyl (C=O) groups excluding carboxylic acids is 2. The molecule has 1 saturated heterocycles. The Bertz CT molecular complexity index is 583. The summed E-state index contributed by atoms with van der Waals surface area (Å²) in [4.78, 5) is 34.2. The Hall–Kier alpha value is -2.44. The summed E-state index contributed by atoms with van der Waals surface area (Å²) in [6.45, 7) is 3.98. The second-order valence-electron chi connectivity index (χ2n) is 5.88. The van der Waals surface area contributed by atoms with E-state index >= 15 is 0 Å². The largest absolute Gasteiger partial charge is 0.343 e. The van der Waals surface area contributed by atoms with Crippen molar-refractivity contribution in [2.75, 3.05) is 0 Å². The molecular weight excluding hydrogens is 286 g/mol. The van der Waals surface area contributed by atoms with E-state index < -0.39 is 17.0 Å². The van der Waals surface area contributed by atoms with Crippen molar-refractivity contribution in [1.82, 2.24) is 10.6 Å². The summed E-state index contributed by atoms with van der Waals surface area (Å²) < 4.78 is 0. The van der Waals surface area contributed by atoms with Crippen molar-refractivity contribution in [2.24, 2.45) is 5.92 Å².